The molecule has 0 saturated heterocycles. The van der Waals surface area contributed by atoms with E-state index in [0.717, 1.165) is 25.7 Å². The van der Waals surface area contributed by atoms with Gasteiger partial charge in [-0.1, -0.05) is 84.1 Å². The van der Waals surface area contributed by atoms with E-state index in [1.54, 1.807) is 18.2 Å². The second kappa shape index (κ2) is 14.6. The summed E-state index contributed by atoms with van der Waals surface area (Å²) in [7, 11) is 0. The molecule has 0 unspecified atom stereocenters. The number of rotatable bonds is 16. The van der Waals surface area contributed by atoms with Gasteiger partial charge in [-0.3, -0.25) is 9.59 Å². The van der Waals surface area contributed by atoms with Gasteiger partial charge in [0.2, 0.25) is 0 Å². The number of nitrogens with zero attached hydrogens (tertiary/aromatic N) is 1. The lowest BCUT2D eigenvalue weighted by Gasteiger charge is -2.05. The van der Waals surface area contributed by atoms with Crippen molar-refractivity contribution in [1.82, 2.24) is 4.98 Å². The average molecular weight is 360 g/mol. The molecular weight excluding hydrogens is 322 g/mol. The van der Waals surface area contributed by atoms with Crippen LogP contribution in [0.3, 0.4) is 0 Å². The maximum absolute atomic E-state index is 12.3. The Kier molecular flexibility index (Phi) is 12.7. The third kappa shape index (κ3) is 9.84. The number of ketones is 2. The van der Waals surface area contributed by atoms with Gasteiger partial charge in [0.25, 0.3) is 0 Å². The second-order valence-corrected chi connectivity index (χ2v) is 7.29. The first-order valence-corrected chi connectivity index (χ1v) is 10.7. The second-order valence-electron chi connectivity index (χ2n) is 7.29. The van der Waals surface area contributed by atoms with Gasteiger partial charge in [0, 0.05) is 12.8 Å². The van der Waals surface area contributed by atoms with E-state index in [1.807, 2.05) is 0 Å². The number of carbonyl (C=O) groups is 2. The number of carbonyl (C=O) groups excluding carboxylic acids is 2. The summed E-state index contributed by atoms with van der Waals surface area (Å²) in [4.78, 5) is 28.9. The predicted molar refractivity (Wildman–Crippen MR) is 109 cm³/mol. The zero-order chi connectivity index (χ0) is 19.0. The number of Topliss-reactive ketones (excluding diaryl/α,β-unsaturated/α-hetero) is 2. The molecule has 0 radical (unpaired) electrons. The third-order valence-electron chi connectivity index (χ3n) is 4.84. The smallest absolute Gasteiger partial charge is 0.181 e. The highest BCUT2D eigenvalue weighted by molar-refractivity contribution is 5.98. The average Bonchev–Trinajstić information content (AvgIpc) is 2.67. The first-order valence-electron chi connectivity index (χ1n) is 10.7. The number of aromatic nitrogens is 1. The molecule has 1 aromatic heterocycles. The van der Waals surface area contributed by atoms with Crippen molar-refractivity contribution < 1.29 is 9.59 Å². The Hall–Kier alpha value is -1.51. The summed E-state index contributed by atoms with van der Waals surface area (Å²) in [5.74, 6) is 0.129. The van der Waals surface area contributed by atoms with Crippen molar-refractivity contribution in [2.24, 2.45) is 0 Å². The van der Waals surface area contributed by atoms with Crippen molar-refractivity contribution in [3.05, 3.63) is 29.6 Å². The predicted octanol–water partition coefficient (Wildman–Crippen LogP) is 6.95. The number of hydrogen-bond acceptors (Lipinski definition) is 3. The van der Waals surface area contributed by atoms with Gasteiger partial charge in [0.15, 0.2) is 11.6 Å². The largest absolute Gasteiger partial charge is 0.292 e. The molecule has 3 heteroatoms. The van der Waals surface area contributed by atoms with Crippen LogP contribution in [0.1, 0.15) is 125 Å². The lowest BCUT2D eigenvalue weighted by atomic mass is 10.0. The summed E-state index contributed by atoms with van der Waals surface area (Å²) >= 11 is 0. The Morgan fingerprint density at radius 2 is 1.04 bits per heavy atom. The van der Waals surface area contributed by atoms with Crippen molar-refractivity contribution in [3.63, 3.8) is 0 Å². The van der Waals surface area contributed by atoms with E-state index >= 15 is 0 Å². The number of unbranched alkanes of at least 4 members (excludes halogenated alkanes) is 10. The summed E-state index contributed by atoms with van der Waals surface area (Å²) < 4.78 is 0. The van der Waals surface area contributed by atoms with Crippen LogP contribution < -0.4 is 0 Å². The Labute approximate surface area is 160 Å². The molecule has 26 heavy (non-hydrogen) atoms. The van der Waals surface area contributed by atoms with Crippen LogP contribution in [0.2, 0.25) is 0 Å². The van der Waals surface area contributed by atoms with Crippen molar-refractivity contribution >= 4 is 11.6 Å². The van der Waals surface area contributed by atoms with Crippen molar-refractivity contribution in [2.45, 2.75) is 104 Å². The summed E-state index contributed by atoms with van der Waals surface area (Å²) in [5.41, 5.74) is 0.903. The van der Waals surface area contributed by atoms with Crippen molar-refractivity contribution in [3.8, 4) is 0 Å². The van der Waals surface area contributed by atoms with Crippen LogP contribution >= 0.6 is 0 Å². The highest BCUT2D eigenvalue weighted by Gasteiger charge is 2.12. The van der Waals surface area contributed by atoms with E-state index < -0.39 is 0 Å². The first-order chi connectivity index (χ1) is 12.7. The Morgan fingerprint density at radius 3 is 1.46 bits per heavy atom. The van der Waals surface area contributed by atoms with E-state index in [1.165, 1.54) is 51.4 Å². The molecule has 0 bridgehead atoms. The molecule has 0 aliphatic rings. The molecule has 1 rings (SSSR count). The summed E-state index contributed by atoms with van der Waals surface area (Å²) in [6, 6.07) is 5.26. The Morgan fingerprint density at radius 1 is 0.654 bits per heavy atom. The van der Waals surface area contributed by atoms with E-state index in [2.05, 4.69) is 18.8 Å². The van der Waals surface area contributed by atoms with Crippen LogP contribution in [-0.2, 0) is 0 Å². The topological polar surface area (TPSA) is 47.0 Å². The van der Waals surface area contributed by atoms with Gasteiger partial charge in [-0.15, -0.1) is 0 Å². The zero-order valence-electron chi connectivity index (χ0n) is 16.9. The fourth-order valence-electron chi connectivity index (χ4n) is 3.13. The maximum atomic E-state index is 12.3. The minimum absolute atomic E-state index is 0.0645. The summed E-state index contributed by atoms with van der Waals surface area (Å²) in [6.07, 6.45) is 15.0. The fraction of sp³-hybridized carbons (Fsp3) is 0.696. The minimum Gasteiger partial charge on any atom is -0.292 e. The molecule has 0 aromatic carbocycles. The van der Waals surface area contributed by atoms with Crippen LogP contribution in [-0.4, -0.2) is 16.6 Å². The maximum Gasteiger partial charge on any atom is 0.181 e. The van der Waals surface area contributed by atoms with Crippen LogP contribution in [0.4, 0.5) is 0 Å². The van der Waals surface area contributed by atoms with Gasteiger partial charge in [0.05, 0.1) is 0 Å². The van der Waals surface area contributed by atoms with Gasteiger partial charge >= 0.3 is 0 Å². The molecule has 1 heterocycles. The van der Waals surface area contributed by atoms with Gasteiger partial charge < -0.3 is 0 Å². The lowest BCUT2D eigenvalue weighted by molar-refractivity contribution is 0.0970. The zero-order valence-corrected chi connectivity index (χ0v) is 16.9. The molecule has 0 fully saturated rings. The highest BCUT2D eigenvalue weighted by Crippen LogP contribution is 2.13. The van der Waals surface area contributed by atoms with Gasteiger partial charge in [-0.05, 0) is 25.0 Å². The fourth-order valence-corrected chi connectivity index (χ4v) is 3.13. The van der Waals surface area contributed by atoms with E-state index in [4.69, 9.17) is 0 Å². The molecular formula is C23H37NO2. The first kappa shape index (κ1) is 22.5. The van der Waals surface area contributed by atoms with E-state index in [-0.39, 0.29) is 11.6 Å². The summed E-state index contributed by atoms with van der Waals surface area (Å²) in [6.45, 7) is 4.41. The Bertz CT molecular complexity index is 481. The molecule has 0 saturated carbocycles. The van der Waals surface area contributed by atoms with Crippen molar-refractivity contribution in [2.75, 3.05) is 0 Å². The normalized spacial score (nSPS) is 10.8. The van der Waals surface area contributed by atoms with Crippen LogP contribution in [0, 0.1) is 0 Å². The SMILES string of the molecule is CCCCCCCCC(=O)c1cccc(C(=O)CCCCCCCC)n1. The molecule has 3 nitrogen and oxygen atoms in total. The van der Waals surface area contributed by atoms with Gasteiger partial charge in [0.1, 0.15) is 11.4 Å². The quantitative estimate of drug-likeness (QED) is 0.237. The van der Waals surface area contributed by atoms with E-state index in [9.17, 15) is 9.59 Å². The van der Waals surface area contributed by atoms with Gasteiger partial charge in [-0.25, -0.2) is 4.98 Å². The monoisotopic (exact) mass is 359 g/mol. The van der Waals surface area contributed by atoms with Crippen LogP contribution in [0.25, 0.3) is 0 Å². The van der Waals surface area contributed by atoms with Gasteiger partial charge in [-0.2, -0.15) is 0 Å². The third-order valence-corrected chi connectivity index (χ3v) is 4.84. The van der Waals surface area contributed by atoms with Crippen molar-refractivity contribution in [1.29, 1.82) is 0 Å². The highest BCUT2D eigenvalue weighted by atomic mass is 16.1. The molecule has 0 amide bonds. The number of pyridine rings is 1. The molecule has 0 aliphatic heterocycles. The molecule has 0 N–H and O–H groups in total. The molecule has 1 aromatic rings. The number of hydrogen-bond donors (Lipinski definition) is 0. The molecule has 0 spiro atoms. The Balaban J connectivity index is 2.34. The lowest BCUT2D eigenvalue weighted by Crippen LogP contribution is -2.08. The summed E-state index contributed by atoms with van der Waals surface area (Å²) in [5, 5.41) is 0. The van der Waals surface area contributed by atoms with E-state index in [0.29, 0.717) is 24.2 Å². The van der Waals surface area contributed by atoms with Crippen LogP contribution in [0.15, 0.2) is 18.2 Å². The van der Waals surface area contributed by atoms with Crippen LogP contribution in [0.5, 0.6) is 0 Å². The molecule has 0 atom stereocenters. The molecule has 0 aliphatic carbocycles. The molecule has 146 valence electrons. The standard InChI is InChI=1S/C23H37NO2/c1-3-5-7-9-11-13-18-22(25)20-16-15-17-21(24-20)23(26)19-14-12-10-8-6-4-2/h15-17H,3-14,18-19H2,1-2H3. The minimum atomic E-state index is 0.0645.